The van der Waals surface area contributed by atoms with E-state index in [9.17, 15) is 9.18 Å². The summed E-state index contributed by atoms with van der Waals surface area (Å²) < 4.78 is 13.2. The van der Waals surface area contributed by atoms with Gasteiger partial charge in [-0.3, -0.25) is 4.79 Å². The van der Waals surface area contributed by atoms with E-state index in [4.69, 9.17) is 0 Å². The maximum atomic E-state index is 13.2. The zero-order valence-electron chi connectivity index (χ0n) is 13.6. The van der Waals surface area contributed by atoms with Gasteiger partial charge in [-0.05, 0) is 69.3 Å². The van der Waals surface area contributed by atoms with Crippen molar-refractivity contribution in [2.45, 2.75) is 45.1 Å². The van der Waals surface area contributed by atoms with Crippen molar-refractivity contribution in [1.29, 1.82) is 0 Å². The molecule has 1 fully saturated rings. The molecule has 1 aromatic rings. The van der Waals surface area contributed by atoms with Crippen molar-refractivity contribution in [1.82, 2.24) is 10.2 Å². The summed E-state index contributed by atoms with van der Waals surface area (Å²) in [5.41, 5.74) is 1.07. The Hall–Kier alpha value is -1.42. The number of carbonyl (C=O) groups excluding carboxylic acids is 1. The summed E-state index contributed by atoms with van der Waals surface area (Å²) >= 11 is 0. The average molecular weight is 306 g/mol. The summed E-state index contributed by atoms with van der Waals surface area (Å²) in [6.45, 7) is 4.37. The van der Waals surface area contributed by atoms with Gasteiger partial charge in [0.15, 0.2) is 0 Å². The molecule has 1 heterocycles. The molecule has 1 atom stereocenters. The number of piperidine rings is 1. The van der Waals surface area contributed by atoms with E-state index in [0.717, 1.165) is 44.3 Å². The van der Waals surface area contributed by atoms with Gasteiger partial charge < -0.3 is 10.2 Å². The lowest BCUT2D eigenvalue weighted by molar-refractivity contribution is -0.121. The Balaban J connectivity index is 1.73. The van der Waals surface area contributed by atoms with Gasteiger partial charge in [-0.25, -0.2) is 4.39 Å². The van der Waals surface area contributed by atoms with Crippen LogP contribution in [0.15, 0.2) is 24.3 Å². The van der Waals surface area contributed by atoms with Crippen LogP contribution in [0.25, 0.3) is 0 Å². The lowest BCUT2D eigenvalue weighted by Crippen LogP contribution is -2.41. The first-order valence-corrected chi connectivity index (χ1v) is 8.27. The van der Waals surface area contributed by atoms with E-state index >= 15 is 0 Å². The number of rotatable bonds is 6. The molecule has 1 amide bonds. The van der Waals surface area contributed by atoms with Gasteiger partial charge in [-0.15, -0.1) is 0 Å². The Morgan fingerprint density at radius 2 is 2.14 bits per heavy atom. The third kappa shape index (κ3) is 5.09. The van der Waals surface area contributed by atoms with Gasteiger partial charge in [0.1, 0.15) is 5.82 Å². The fraction of sp³-hybridized carbons (Fsp3) is 0.611. The molecule has 1 aliphatic rings. The van der Waals surface area contributed by atoms with Gasteiger partial charge >= 0.3 is 0 Å². The second-order valence-electron chi connectivity index (χ2n) is 6.37. The van der Waals surface area contributed by atoms with E-state index < -0.39 is 0 Å². The smallest absolute Gasteiger partial charge is 0.220 e. The molecule has 2 rings (SSSR count). The van der Waals surface area contributed by atoms with Gasteiger partial charge in [0, 0.05) is 19.5 Å². The Kier molecular flexibility index (Phi) is 6.37. The van der Waals surface area contributed by atoms with E-state index in [0.29, 0.717) is 18.4 Å². The summed E-state index contributed by atoms with van der Waals surface area (Å²) in [5, 5.41) is 2.71. The van der Waals surface area contributed by atoms with Crippen LogP contribution in [0, 0.1) is 11.7 Å². The topological polar surface area (TPSA) is 32.3 Å². The van der Waals surface area contributed by atoms with E-state index in [-0.39, 0.29) is 11.7 Å². The minimum Gasteiger partial charge on any atom is -0.359 e. The molecule has 122 valence electrons. The molecule has 0 aromatic heterocycles. The number of amides is 1. The van der Waals surface area contributed by atoms with Gasteiger partial charge in [0.25, 0.3) is 0 Å². The number of nitrogens with zero attached hydrogens (tertiary/aromatic N) is 1. The van der Waals surface area contributed by atoms with Gasteiger partial charge in [-0.1, -0.05) is 12.1 Å². The van der Waals surface area contributed by atoms with Crippen molar-refractivity contribution < 1.29 is 9.18 Å². The molecule has 0 radical (unpaired) electrons. The standard InChI is InChI=1S/C18H27FN2O/c1-14(6-7-15-4-3-5-17(19)12-15)21-10-8-16(9-11-21)13-18(22)20-2/h3-5,12,14,16H,6-11,13H2,1-2H3,(H,20,22)/t14-/m1/s1. The van der Waals surface area contributed by atoms with Crippen LogP contribution in [0.1, 0.15) is 38.2 Å². The predicted octanol–water partition coefficient (Wildman–Crippen LogP) is 2.99. The third-order valence-electron chi connectivity index (χ3n) is 4.77. The first kappa shape index (κ1) is 16.9. The monoisotopic (exact) mass is 306 g/mol. The molecule has 3 nitrogen and oxygen atoms in total. The van der Waals surface area contributed by atoms with Crippen molar-refractivity contribution in [3.63, 3.8) is 0 Å². The normalized spacial score (nSPS) is 18.1. The lowest BCUT2D eigenvalue weighted by atomic mass is 9.92. The average Bonchev–Trinajstić information content (AvgIpc) is 2.53. The van der Waals surface area contributed by atoms with Crippen molar-refractivity contribution in [2.24, 2.45) is 5.92 Å². The number of likely N-dealkylation sites (tertiary alicyclic amines) is 1. The summed E-state index contributed by atoms with van der Waals surface area (Å²) in [5.74, 6) is 0.518. The highest BCUT2D eigenvalue weighted by Crippen LogP contribution is 2.23. The molecular weight excluding hydrogens is 279 g/mol. The summed E-state index contributed by atoms with van der Waals surface area (Å²) in [6.07, 6.45) is 4.80. The molecule has 22 heavy (non-hydrogen) atoms. The fourth-order valence-electron chi connectivity index (χ4n) is 3.21. The molecule has 1 N–H and O–H groups in total. The van der Waals surface area contributed by atoms with Crippen molar-refractivity contribution in [3.8, 4) is 0 Å². The minimum absolute atomic E-state index is 0.151. The summed E-state index contributed by atoms with van der Waals surface area (Å²) in [6, 6.07) is 7.39. The van der Waals surface area contributed by atoms with Crippen molar-refractivity contribution in [2.75, 3.05) is 20.1 Å². The van der Waals surface area contributed by atoms with E-state index in [1.807, 2.05) is 6.07 Å². The molecule has 1 aliphatic heterocycles. The van der Waals surface area contributed by atoms with Crippen LogP contribution in [0.4, 0.5) is 4.39 Å². The summed E-state index contributed by atoms with van der Waals surface area (Å²) in [7, 11) is 1.70. The molecular formula is C18H27FN2O. The number of benzene rings is 1. The van der Waals surface area contributed by atoms with Gasteiger partial charge in [0.2, 0.25) is 5.91 Å². The van der Waals surface area contributed by atoms with Crippen LogP contribution >= 0.6 is 0 Å². The molecule has 0 bridgehead atoms. The fourth-order valence-corrected chi connectivity index (χ4v) is 3.21. The lowest BCUT2D eigenvalue weighted by Gasteiger charge is -2.36. The SMILES string of the molecule is CNC(=O)CC1CCN([C@H](C)CCc2cccc(F)c2)CC1. The highest BCUT2D eigenvalue weighted by atomic mass is 19.1. The van der Waals surface area contributed by atoms with E-state index in [1.165, 1.54) is 6.07 Å². The maximum absolute atomic E-state index is 13.2. The number of nitrogens with one attached hydrogen (secondary N) is 1. The molecule has 4 heteroatoms. The predicted molar refractivity (Wildman–Crippen MR) is 87.2 cm³/mol. The van der Waals surface area contributed by atoms with Gasteiger partial charge in [-0.2, -0.15) is 0 Å². The van der Waals surface area contributed by atoms with Crippen molar-refractivity contribution >= 4 is 5.91 Å². The van der Waals surface area contributed by atoms with Crippen LogP contribution in [0.3, 0.4) is 0 Å². The molecule has 0 saturated carbocycles. The quantitative estimate of drug-likeness (QED) is 0.876. The second kappa shape index (κ2) is 8.28. The number of aryl methyl sites for hydroxylation is 1. The molecule has 0 spiro atoms. The van der Waals surface area contributed by atoms with Crippen LogP contribution in [0.5, 0.6) is 0 Å². The molecule has 1 aromatic carbocycles. The Bertz CT molecular complexity index is 484. The first-order valence-electron chi connectivity index (χ1n) is 8.27. The Labute approximate surface area is 132 Å². The zero-order valence-corrected chi connectivity index (χ0v) is 13.6. The van der Waals surface area contributed by atoms with Crippen LogP contribution in [0.2, 0.25) is 0 Å². The second-order valence-corrected chi connectivity index (χ2v) is 6.37. The maximum Gasteiger partial charge on any atom is 0.220 e. The highest BCUT2D eigenvalue weighted by Gasteiger charge is 2.23. The van der Waals surface area contributed by atoms with Crippen LogP contribution in [-0.4, -0.2) is 37.0 Å². The first-order chi connectivity index (χ1) is 10.6. The highest BCUT2D eigenvalue weighted by molar-refractivity contribution is 5.75. The summed E-state index contributed by atoms with van der Waals surface area (Å²) in [4.78, 5) is 13.9. The minimum atomic E-state index is -0.153. The Morgan fingerprint density at radius 3 is 2.77 bits per heavy atom. The van der Waals surface area contributed by atoms with Gasteiger partial charge in [0.05, 0.1) is 0 Å². The number of carbonyl (C=O) groups is 1. The molecule has 0 aliphatic carbocycles. The largest absolute Gasteiger partial charge is 0.359 e. The van der Waals surface area contributed by atoms with E-state index in [1.54, 1.807) is 19.2 Å². The number of hydrogen-bond donors (Lipinski definition) is 1. The Morgan fingerprint density at radius 1 is 1.41 bits per heavy atom. The zero-order chi connectivity index (χ0) is 15.9. The van der Waals surface area contributed by atoms with Crippen molar-refractivity contribution in [3.05, 3.63) is 35.6 Å². The van der Waals surface area contributed by atoms with E-state index in [2.05, 4.69) is 17.1 Å². The molecule has 0 unspecified atom stereocenters. The van der Waals surface area contributed by atoms with Crippen LogP contribution in [-0.2, 0) is 11.2 Å². The third-order valence-corrected chi connectivity index (χ3v) is 4.77. The molecule has 1 saturated heterocycles. The number of halogens is 1. The number of hydrogen-bond acceptors (Lipinski definition) is 2. The van der Waals surface area contributed by atoms with Crippen LogP contribution < -0.4 is 5.32 Å².